The molecule has 2 aliphatic heterocycles. The summed E-state index contributed by atoms with van der Waals surface area (Å²) in [6.07, 6.45) is 2.06. The van der Waals surface area contributed by atoms with Gasteiger partial charge in [-0.3, -0.25) is 4.90 Å². The van der Waals surface area contributed by atoms with Gasteiger partial charge >= 0.3 is 6.09 Å². The van der Waals surface area contributed by atoms with Crippen molar-refractivity contribution in [2.45, 2.75) is 71.2 Å². The van der Waals surface area contributed by atoms with Gasteiger partial charge < -0.3 is 15.0 Å². The number of hydrogen-bond donors (Lipinski definition) is 1. The van der Waals surface area contributed by atoms with E-state index in [1.54, 1.807) is 0 Å². The molecule has 2 unspecified atom stereocenters. The van der Waals surface area contributed by atoms with Gasteiger partial charge in [-0.1, -0.05) is 0 Å². The molecule has 1 amide bonds. The maximum Gasteiger partial charge on any atom is 0.410 e. The molecule has 2 heterocycles. The van der Waals surface area contributed by atoms with Crippen LogP contribution in [0.15, 0.2) is 0 Å². The number of ether oxygens (including phenoxy) is 1. The van der Waals surface area contributed by atoms with Crippen LogP contribution in [0.25, 0.3) is 0 Å². The third-order valence-electron chi connectivity index (χ3n) is 4.26. The smallest absolute Gasteiger partial charge is 0.410 e. The number of nitrogens with zero attached hydrogens (tertiary/aromatic N) is 2. The van der Waals surface area contributed by atoms with E-state index < -0.39 is 5.60 Å². The van der Waals surface area contributed by atoms with Crippen LogP contribution in [0, 0.1) is 0 Å². The van der Waals surface area contributed by atoms with Crippen LogP contribution in [0.1, 0.15) is 47.5 Å². The number of amides is 1. The van der Waals surface area contributed by atoms with Crippen LogP contribution in [0.3, 0.4) is 0 Å². The summed E-state index contributed by atoms with van der Waals surface area (Å²) in [7, 11) is 0. The first kappa shape index (κ1) is 16.6. The average Bonchev–Trinajstić information content (AvgIpc) is 2.96. The highest BCUT2D eigenvalue weighted by Crippen LogP contribution is 2.18. The van der Waals surface area contributed by atoms with E-state index in [2.05, 4.69) is 24.1 Å². The third kappa shape index (κ3) is 4.85. The van der Waals surface area contributed by atoms with Gasteiger partial charge in [0.25, 0.3) is 0 Å². The van der Waals surface area contributed by atoms with Gasteiger partial charge in [0.15, 0.2) is 0 Å². The van der Waals surface area contributed by atoms with Crippen LogP contribution in [0.2, 0.25) is 0 Å². The van der Waals surface area contributed by atoms with Crippen molar-refractivity contribution in [3.05, 3.63) is 0 Å². The van der Waals surface area contributed by atoms with Crippen molar-refractivity contribution in [2.24, 2.45) is 0 Å². The highest BCUT2D eigenvalue weighted by atomic mass is 16.6. The molecule has 2 aliphatic rings. The van der Waals surface area contributed by atoms with E-state index in [9.17, 15) is 4.79 Å². The molecule has 122 valence electrons. The molecule has 0 aliphatic carbocycles. The van der Waals surface area contributed by atoms with Gasteiger partial charge in [-0.05, 0) is 54.0 Å². The second-order valence-electron chi connectivity index (χ2n) is 7.65. The third-order valence-corrected chi connectivity index (χ3v) is 4.26. The van der Waals surface area contributed by atoms with Crippen molar-refractivity contribution in [1.82, 2.24) is 15.1 Å². The van der Waals surface area contributed by atoms with Crippen molar-refractivity contribution in [3.63, 3.8) is 0 Å². The summed E-state index contributed by atoms with van der Waals surface area (Å²) < 4.78 is 5.44. The Kier molecular flexibility index (Phi) is 5.15. The largest absolute Gasteiger partial charge is 0.444 e. The fourth-order valence-corrected chi connectivity index (χ4v) is 3.11. The van der Waals surface area contributed by atoms with Crippen LogP contribution in [0.5, 0.6) is 0 Å². The lowest BCUT2D eigenvalue weighted by Crippen LogP contribution is -2.43. The molecule has 2 saturated heterocycles. The molecule has 1 N–H and O–H groups in total. The van der Waals surface area contributed by atoms with E-state index in [0.29, 0.717) is 18.1 Å². The number of carbonyl (C=O) groups is 1. The lowest BCUT2D eigenvalue weighted by Gasteiger charge is -2.25. The van der Waals surface area contributed by atoms with Crippen molar-refractivity contribution in [2.75, 3.05) is 26.2 Å². The molecule has 0 spiro atoms. The lowest BCUT2D eigenvalue weighted by atomic mass is 10.2. The summed E-state index contributed by atoms with van der Waals surface area (Å²) in [5.41, 5.74) is -0.411. The normalized spacial score (nSPS) is 27.6. The Morgan fingerprint density at radius 3 is 2.33 bits per heavy atom. The molecular formula is C16H31N3O2. The van der Waals surface area contributed by atoms with E-state index in [-0.39, 0.29) is 6.09 Å². The molecule has 0 aromatic rings. The maximum atomic E-state index is 12.1. The zero-order valence-electron chi connectivity index (χ0n) is 14.2. The number of carbonyl (C=O) groups excluding carboxylic acids is 1. The molecule has 2 rings (SSSR count). The summed E-state index contributed by atoms with van der Waals surface area (Å²) in [6, 6.07) is 1.60. The molecule has 2 fully saturated rings. The molecule has 5 nitrogen and oxygen atoms in total. The Balaban J connectivity index is 1.74. The molecule has 21 heavy (non-hydrogen) atoms. The Labute approximate surface area is 129 Å². The van der Waals surface area contributed by atoms with Crippen molar-refractivity contribution in [3.8, 4) is 0 Å². The minimum atomic E-state index is -0.411. The summed E-state index contributed by atoms with van der Waals surface area (Å²) in [5.74, 6) is 0. The van der Waals surface area contributed by atoms with Crippen LogP contribution >= 0.6 is 0 Å². The zero-order chi connectivity index (χ0) is 15.6. The minimum absolute atomic E-state index is 0.179. The molecular weight excluding hydrogens is 266 g/mol. The van der Waals surface area contributed by atoms with Gasteiger partial charge in [0.1, 0.15) is 5.60 Å². The van der Waals surface area contributed by atoms with E-state index in [0.717, 1.165) is 26.1 Å². The summed E-state index contributed by atoms with van der Waals surface area (Å²) >= 11 is 0. The molecule has 5 heteroatoms. The van der Waals surface area contributed by atoms with E-state index >= 15 is 0 Å². The summed E-state index contributed by atoms with van der Waals surface area (Å²) in [4.78, 5) is 16.4. The topological polar surface area (TPSA) is 44.8 Å². The molecule has 0 bridgehead atoms. The predicted molar refractivity (Wildman–Crippen MR) is 84.5 cm³/mol. The van der Waals surface area contributed by atoms with Crippen molar-refractivity contribution >= 4 is 6.09 Å². The quantitative estimate of drug-likeness (QED) is 0.866. The summed E-state index contributed by atoms with van der Waals surface area (Å²) in [5, 5.41) is 3.72. The lowest BCUT2D eigenvalue weighted by molar-refractivity contribution is 0.0290. The Hall–Kier alpha value is -0.810. The van der Waals surface area contributed by atoms with E-state index in [4.69, 9.17) is 4.74 Å². The first-order valence-corrected chi connectivity index (χ1v) is 8.22. The standard InChI is InChI=1S/C16H31N3O2/c1-12(2)18-8-6-13(10-18)17-14-7-9-19(11-14)15(20)21-16(3,4)5/h12-14,17H,6-11H2,1-5H3. The minimum Gasteiger partial charge on any atom is -0.444 e. The SMILES string of the molecule is CC(C)N1CCC(NC2CCN(C(=O)OC(C)(C)C)C2)C1. The highest BCUT2D eigenvalue weighted by Gasteiger charge is 2.32. The monoisotopic (exact) mass is 297 g/mol. The van der Waals surface area contributed by atoms with E-state index in [1.807, 2.05) is 25.7 Å². The van der Waals surface area contributed by atoms with Crippen molar-refractivity contribution < 1.29 is 9.53 Å². The first-order chi connectivity index (χ1) is 9.74. The van der Waals surface area contributed by atoms with Gasteiger partial charge in [-0.2, -0.15) is 0 Å². The maximum absolute atomic E-state index is 12.1. The van der Waals surface area contributed by atoms with Gasteiger partial charge in [0.05, 0.1) is 0 Å². The number of nitrogens with one attached hydrogen (secondary N) is 1. The number of likely N-dealkylation sites (tertiary alicyclic amines) is 2. The first-order valence-electron chi connectivity index (χ1n) is 8.22. The second kappa shape index (κ2) is 6.53. The number of hydrogen-bond acceptors (Lipinski definition) is 4. The predicted octanol–water partition coefficient (Wildman–Crippen LogP) is 2.07. The van der Waals surface area contributed by atoms with Gasteiger partial charge in [-0.25, -0.2) is 4.79 Å². The molecule has 0 aromatic heterocycles. The van der Waals surface area contributed by atoms with Crippen LogP contribution in [0.4, 0.5) is 4.79 Å². The van der Waals surface area contributed by atoms with Crippen LogP contribution in [-0.4, -0.2) is 65.8 Å². The highest BCUT2D eigenvalue weighted by molar-refractivity contribution is 5.68. The Morgan fingerprint density at radius 1 is 1.14 bits per heavy atom. The fraction of sp³-hybridized carbons (Fsp3) is 0.938. The van der Waals surface area contributed by atoms with Gasteiger partial charge in [0.2, 0.25) is 0 Å². The van der Waals surface area contributed by atoms with E-state index in [1.165, 1.54) is 13.0 Å². The average molecular weight is 297 g/mol. The van der Waals surface area contributed by atoms with Crippen LogP contribution in [-0.2, 0) is 4.74 Å². The fourth-order valence-electron chi connectivity index (χ4n) is 3.11. The molecule has 0 saturated carbocycles. The molecule has 0 radical (unpaired) electrons. The Morgan fingerprint density at radius 2 is 1.76 bits per heavy atom. The van der Waals surface area contributed by atoms with Crippen LogP contribution < -0.4 is 5.32 Å². The number of rotatable bonds is 3. The zero-order valence-corrected chi connectivity index (χ0v) is 14.2. The Bertz CT molecular complexity index is 365. The van der Waals surface area contributed by atoms with Gasteiger partial charge in [-0.15, -0.1) is 0 Å². The molecule has 0 aromatic carbocycles. The molecule has 2 atom stereocenters. The second-order valence-corrected chi connectivity index (χ2v) is 7.65. The summed E-state index contributed by atoms with van der Waals surface area (Å²) in [6.45, 7) is 14.1. The van der Waals surface area contributed by atoms with Crippen molar-refractivity contribution in [1.29, 1.82) is 0 Å². The van der Waals surface area contributed by atoms with Gasteiger partial charge in [0, 0.05) is 37.8 Å².